The molecule has 0 bridgehead atoms. The fraction of sp³-hybridized carbons (Fsp3) is 0.600. The molecular weight excluding hydrogens is 194 g/mol. The van der Waals surface area contributed by atoms with Crippen LogP contribution in [0.5, 0.6) is 0 Å². The number of nitrogens with one attached hydrogen (secondary N) is 1. The van der Waals surface area contributed by atoms with E-state index in [4.69, 9.17) is 0 Å². The summed E-state index contributed by atoms with van der Waals surface area (Å²) in [7, 11) is 2.09. The van der Waals surface area contributed by atoms with Crippen molar-refractivity contribution in [2.75, 3.05) is 7.05 Å². The third kappa shape index (κ3) is 2.30. The second kappa shape index (κ2) is 5.01. The lowest BCUT2D eigenvalue weighted by molar-refractivity contribution is 0.355. The maximum atomic E-state index is 3.49. The third-order valence-electron chi connectivity index (χ3n) is 3.77. The van der Waals surface area contributed by atoms with Crippen LogP contribution in [0.4, 0.5) is 0 Å². The summed E-state index contributed by atoms with van der Waals surface area (Å²) in [5.41, 5.74) is 3.08. The molecule has 0 fully saturated rings. The molecule has 0 heterocycles. The van der Waals surface area contributed by atoms with Crippen LogP contribution in [0.3, 0.4) is 0 Å². The predicted molar refractivity (Wildman–Crippen MR) is 69.5 cm³/mol. The highest BCUT2D eigenvalue weighted by atomic mass is 14.9. The van der Waals surface area contributed by atoms with Gasteiger partial charge in [-0.25, -0.2) is 0 Å². The van der Waals surface area contributed by atoms with Crippen LogP contribution in [-0.4, -0.2) is 7.05 Å². The molecule has 0 radical (unpaired) electrons. The summed E-state index contributed by atoms with van der Waals surface area (Å²) in [4.78, 5) is 0. The maximum Gasteiger partial charge on any atom is 0.0352 e. The Bertz CT molecular complexity index is 343. The van der Waals surface area contributed by atoms with Crippen molar-refractivity contribution in [1.82, 2.24) is 5.32 Å². The second-order valence-corrected chi connectivity index (χ2v) is 5.40. The van der Waals surface area contributed by atoms with Crippen LogP contribution >= 0.6 is 0 Å². The standard InChI is InChI=1S/C15H23N/c1-11(2)8-9-13-10-12-6-4-5-7-14(12)15(13)16-3/h4-7,11,13,15-16H,8-10H2,1-3H3. The summed E-state index contributed by atoms with van der Waals surface area (Å²) in [6, 6.07) is 9.47. The summed E-state index contributed by atoms with van der Waals surface area (Å²) in [6.07, 6.45) is 3.95. The first-order chi connectivity index (χ1) is 7.72. The fourth-order valence-electron chi connectivity index (χ4n) is 2.89. The van der Waals surface area contributed by atoms with Gasteiger partial charge in [-0.1, -0.05) is 44.5 Å². The van der Waals surface area contributed by atoms with Gasteiger partial charge in [-0.15, -0.1) is 0 Å². The van der Waals surface area contributed by atoms with Crippen molar-refractivity contribution in [1.29, 1.82) is 0 Å². The van der Waals surface area contributed by atoms with Gasteiger partial charge in [0.15, 0.2) is 0 Å². The molecule has 0 saturated carbocycles. The van der Waals surface area contributed by atoms with E-state index < -0.39 is 0 Å². The third-order valence-corrected chi connectivity index (χ3v) is 3.77. The lowest BCUT2D eigenvalue weighted by Gasteiger charge is -2.20. The van der Waals surface area contributed by atoms with Gasteiger partial charge in [0, 0.05) is 6.04 Å². The number of hydrogen-bond acceptors (Lipinski definition) is 1. The second-order valence-electron chi connectivity index (χ2n) is 5.40. The Morgan fingerprint density at radius 2 is 2.06 bits per heavy atom. The van der Waals surface area contributed by atoms with E-state index in [0.29, 0.717) is 6.04 Å². The van der Waals surface area contributed by atoms with Crippen molar-refractivity contribution >= 4 is 0 Å². The lowest BCUT2D eigenvalue weighted by atomic mass is 9.92. The monoisotopic (exact) mass is 217 g/mol. The summed E-state index contributed by atoms with van der Waals surface area (Å²) >= 11 is 0. The Morgan fingerprint density at radius 1 is 1.31 bits per heavy atom. The number of rotatable bonds is 4. The first-order valence-electron chi connectivity index (χ1n) is 6.47. The predicted octanol–water partition coefficient (Wildman–Crippen LogP) is 3.56. The molecule has 2 unspecified atom stereocenters. The van der Waals surface area contributed by atoms with Crippen molar-refractivity contribution < 1.29 is 0 Å². The van der Waals surface area contributed by atoms with Crippen LogP contribution in [0.25, 0.3) is 0 Å². The van der Waals surface area contributed by atoms with Gasteiger partial charge in [-0.2, -0.15) is 0 Å². The van der Waals surface area contributed by atoms with Gasteiger partial charge in [0.25, 0.3) is 0 Å². The minimum Gasteiger partial charge on any atom is -0.313 e. The molecule has 1 nitrogen and oxygen atoms in total. The molecule has 1 N–H and O–H groups in total. The van der Waals surface area contributed by atoms with Crippen LogP contribution in [-0.2, 0) is 6.42 Å². The topological polar surface area (TPSA) is 12.0 Å². The smallest absolute Gasteiger partial charge is 0.0352 e. The molecule has 16 heavy (non-hydrogen) atoms. The van der Waals surface area contributed by atoms with Gasteiger partial charge in [-0.3, -0.25) is 0 Å². The average molecular weight is 217 g/mol. The largest absolute Gasteiger partial charge is 0.313 e. The van der Waals surface area contributed by atoms with Crippen LogP contribution < -0.4 is 5.32 Å². The average Bonchev–Trinajstić information content (AvgIpc) is 2.63. The first kappa shape index (κ1) is 11.7. The van der Waals surface area contributed by atoms with E-state index in [1.807, 2.05) is 0 Å². The molecule has 0 spiro atoms. The molecule has 1 aromatic carbocycles. The minimum atomic E-state index is 0.579. The van der Waals surface area contributed by atoms with Gasteiger partial charge in [0.2, 0.25) is 0 Å². The Labute approximate surface area is 99.3 Å². The van der Waals surface area contributed by atoms with Crippen LogP contribution in [0.2, 0.25) is 0 Å². The van der Waals surface area contributed by atoms with Gasteiger partial charge < -0.3 is 5.32 Å². The Kier molecular flexibility index (Phi) is 3.65. The zero-order chi connectivity index (χ0) is 11.5. The summed E-state index contributed by atoms with van der Waals surface area (Å²) in [5.74, 6) is 1.62. The van der Waals surface area contributed by atoms with E-state index in [1.54, 1.807) is 5.56 Å². The van der Waals surface area contributed by atoms with Gasteiger partial charge in [0.05, 0.1) is 0 Å². The molecule has 2 atom stereocenters. The van der Waals surface area contributed by atoms with Gasteiger partial charge in [-0.05, 0) is 42.9 Å². The highest BCUT2D eigenvalue weighted by Gasteiger charge is 2.30. The van der Waals surface area contributed by atoms with E-state index in [1.165, 1.54) is 24.8 Å². The summed E-state index contributed by atoms with van der Waals surface area (Å²) < 4.78 is 0. The molecule has 1 aromatic rings. The van der Waals surface area contributed by atoms with E-state index in [0.717, 1.165) is 11.8 Å². The van der Waals surface area contributed by atoms with Gasteiger partial charge >= 0.3 is 0 Å². The summed E-state index contributed by atoms with van der Waals surface area (Å²) in [5, 5.41) is 3.49. The summed E-state index contributed by atoms with van der Waals surface area (Å²) in [6.45, 7) is 4.63. The van der Waals surface area contributed by atoms with E-state index >= 15 is 0 Å². The highest BCUT2D eigenvalue weighted by Crippen LogP contribution is 2.38. The molecular formula is C15H23N. The molecule has 0 aliphatic heterocycles. The molecule has 0 saturated heterocycles. The molecule has 0 amide bonds. The van der Waals surface area contributed by atoms with Crippen molar-refractivity contribution in [2.45, 2.75) is 39.2 Å². The zero-order valence-corrected chi connectivity index (χ0v) is 10.7. The highest BCUT2D eigenvalue weighted by molar-refractivity contribution is 5.35. The van der Waals surface area contributed by atoms with Gasteiger partial charge in [0.1, 0.15) is 0 Å². The SMILES string of the molecule is CNC1c2ccccc2CC1CCC(C)C. The number of hydrogen-bond donors (Lipinski definition) is 1. The Morgan fingerprint density at radius 3 is 2.75 bits per heavy atom. The minimum absolute atomic E-state index is 0.579. The molecule has 2 rings (SSSR count). The molecule has 1 heteroatoms. The number of fused-ring (bicyclic) bond motifs is 1. The first-order valence-corrected chi connectivity index (χ1v) is 6.47. The van der Waals surface area contributed by atoms with Crippen molar-refractivity contribution in [3.05, 3.63) is 35.4 Å². The van der Waals surface area contributed by atoms with Crippen LogP contribution in [0.1, 0.15) is 43.9 Å². The van der Waals surface area contributed by atoms with Crippen molar-refractivity contribution in [3.63, 3.8) is 0 Å². The molecule has 88 valence electrons. The quantitative estimate of drug-likeness (QED) is 0.813. The Hall–Kier alpha value is -0.820. The lowest BCUT2D eigenvalue weighted by Crippen LogP contribution is -2.21. The van der Waals surface area contributed by atoms with Crippen LogP contribution in [0.15, 0.2) is 24.3 Å². The van der Waals surface area contributed by atoms with Crippen molar-refractivity contribution in [3.8, 4) is 0 Å². The van der Waals surface area contributed by atoms with E-state index in [-0.39, 0.29) is 0 Å². The van der Waals surface area contributed by atoms with Crippen molar-refractivity contribution in [2.24, 2.45) is 11.8 Å². The molecule has 1 aliphatic rings. The Balaban J connectivity index is 2.08. The number of benzene rings is 1. The molecule has 0 aromatic heterocycles. The zero-order valence-electron chi connectivity index (χ0n) is 10.7. The fourth-order valence-corrected chi connectivity index (χ4v) is 2.89. The van der Waals surface area contributed by atoms with E-state index in [9.17, 15) is 0 Å². The normalized spacial score (nSPS) is 23.8. The molecule has 1 aliphatic carbocycles. The van der Waals surface area contributed by atoms with E-state index in [2.05, 4.69) is 50.5 Å². The van der Waals surface area contributed by atoms with Crippen LogP contribution in [0, 0.1) is 11.8 Å². The maximum absolute atomic E-state index is 3.49.